The van der Waals surface area contributed by atoms with Crippen molar-refractivity contribution in [2.24, 2.45) is 5.90 Å². The molecule has 0 saturated carbocycles. The van der Waals surface area contributed by atoms with Crippen LogP contribution in [-0.4, -0.2) is 4.98 Å². The normalized spacial score (nSPS) is 11.1. The fraction of sp³-hybridized carbons (Fsp3) is 0.100. The lowest BCUT2D eigenvalue weighted by Gasteiger charge is -2.02. The molecule has 0 amide bonds. The maximum absolute atomic E-state index is 5.07. The average molecular weight is 176 g/mol. The first-order chi connectivity index (χ1) is 6.27. The number of nitrogens with zero attached hydrogens (tertiary/aromatic N) is 1. The monoisotopic (exact) mass is 176 g/mol. The summed E-state index contributed by atoms with van der Waals surface area (Å²) >= 11 is 0. The zero-order chi connectivity index (χ0) is 9.68. The first kappa shape index (κ1) is 9.48. The van der Waals surface area contributed by atoms with E-state index < -0.39 is 0 Å². The van der Waals surface area contributed by atoms with E-state index >= 15 is 0 Å². The molecule has 0 aromatic carbocycles. The molecule has 0 aliphatic heterocycles. The zero-order valence-corrected chi connectivity index (χ0v) is 7.53. The maximum Gasteiger partial charge on any atom is 0.172 e. The molecular formula is C10H12N2O. The van der Waals surface area contributed by atoms with Gasteiger partial charge in [-0.15, -0.1) is 0 Å². The second kappa shape index (κ2) is 4.42. The van der Waals surface area contributed by atoms with Crippen LogP contribution in [-0.2, 0) is 4.84 Å². The van der Waals surface area contributed by atoms with Crippen molar-refractivity contribution < 1.29 is 4.84 Å². The minimum atomic E-state index is 0.509. The van der Waals surface area contributed by atoms with Crippen LogP contribution in [0, 0.1) is 6.92 Å². The van der Waals surface area contributed by atoms with Gasteiger partial charge in [-0.1, -0.05) is 18.7 Å². The summed E-state index contributed by atoms with van der Waals surface area (Å²) in [7, 11) is 0. The molecule has 2 N–H and O–H groups in total. The molecule has 0 unspecified atom stereocenters. The maximum atomic E-state index is 5.07. The third kappa shape index (κ3) is 2.42. The van der Waals surface area contributed by atoms with Gasteiger partial charge in [0.2, 0.25) is 0 Å². The summed E-state index contributed by atoms with van der Waals surface area (Å²) in [5, 5.41) is 0. The van der Waals surface area contributed by atoms with Crippen LogP contribution in [0.3, 0.4) is 0 Å². The Balaban J connectivity index is 2.99. The van der Waals surface area contributed by atoms with Gasteiger partial charge in [-0.2, -0.15) is 5.90 Å². The van der Waals surface area contributed by atoms with E-state index in [0.29, 0.717) is 11.5 Å². The highest BCUT2D eigenvalue weighted by Crippen LogP contribution is 2.11. The van der Waals surface area contributed by atoms with E-state index in [9.17, 15) is 0 Å². The molecule has 0 atom stereocenters. The molecule has 68 valence electrons. The standard InChI is InChI=1S/C10H12N2O/c1-3-4-10(13-11)9-6-5-8(2)7-12-9/h3-7H,1,11H2,2H3/b10-4-. The summed E-state index contributed by atoms with van der Waals surface area (Å²) in [5.41, 5.74) is 1.80. The molecule has 0 fully saturated rings. The van der Waals surface area contributed by atoms with Crippen LogP contribution in [0.5, 0.6) is 0 Å². The lowest BCUT2D eigenvalue weighted by molar-refractivity contribution is 0.289. The molecule has 0 bridgehead atoms. The van der Waals surface area contributed by atoms with E-state index in [1.54, 1.807) is 18.3 Å². The summed E-state index contributed by atoms with van der Waals surface area (Å²) < 4.78 is 0. The van der Waals surface area contributed by atoms with E-state index in [1.165, 1.54) is 0 Å². The lowest BCUT2D eigenvalue weighted by atomic mass is 10.2. The number of allylic oxidation sites excluding steroid dienone is 2. The van der Waals surface area contributed by atoms with Crippen molar-refractivity contribution in [3.63, 3.8) is 0 Å². The molecule has 13 heavy (non-hydrogen) atoms. The number of hydrogen-bond donors (Lipinski definition) is 1. The topological polar surface area (TPSA) is 48.1 Å². The SMILES string of the molecule is C=C/C=C(\ON)c1ccc(C)cn1. The highest BCUT2D eigenvalue weighted by atomic mass is 16.6. The quantitative estimate of drug-likeness (QED) is 0.434. The smallest absolute Gasteiger partial charge is 0.172 e. The van der Waals surface area contributed by atoms with Crippen LogP contribution in [0.15, 0.2) is 37.1 Å². The fourth-order valence-corrected chi connectivity index (χ4v) is 0.906. The van der Waals surface area contributed by atoms with Crippen molar-refractivity contribution in [1.82, 2.24) is 4.98 Å². The summed E-state index contributed by atoms with van der Waals surface area (Å²) in [4.78, 5) is 8.79. The van der Waals surface area contributed by atoms with Gasteiger partial charge in [0.25, 0.3) is 0 Å². The highest BCUT2D eigenvalue weighted by Gasteiger charge is 2.00. The van der Waals surface area contributed by atoms with Crippen molar-refractivity contribution >= 4 is 5.76 Å². The molecule has 3 heteroatoms. The Labute approximate surface area is 77.5 Å². The number of rotatable bonds is 3. The predicted octanol–water partition coefficient (Wildman–Crippen LogP) is 1.81. The Morgan fingerprint density at radius 1 is 1.62 bits per heavy atom. The van der Waals surface area contributed by atoms with Gasteiger partial charge in [0, 0.05) is 6.20 Å². The molecule has 1 heterocycles. The molecule has 0 saturated heterocycles. The second-order valence-corrected chi connectivity index (χ2v) is 2.61. The van der Waals surface area contributed by atoms with Crippen LogP contribution >= 0.6 is 0 Å². The van der Waals surface area contributed by atoms with E-state index in [2.05, 4.69) is 16.4 Å². The predicted molar refractivity (Wildman–Crippen MR) is 52.4 cm³/mol. The highest BCUT2D eigenvalue weighted by molar-refractivity contribution is 5.57. The molecule has 3 nitrogen and oxygen atoms in total. The Morgan fingerprint density at radius 3 is 2.85 bits per heavy atom. The van der Waals surface area contributed by atoms with Crippen molar-refractivity contribution in [2.45, 2.75) is 6.92 Å². The van der Waals surface area contributed by atoms with Gasteiger partial charge in [0.15, 0.2) is 5.76 Å². The Hall–Kier alpha value is -1.61. The fourth-order valence-electron chi connectivity index (χ4n) is 0.906. The van der Waals surface area contributed by atoms with E-state index in [1.807, 2.05) is 19.1 Å². The Morgan fingerprint density at radius 2 is 2.38 bits per heavy atom. The molecule has 1 aromatic heterocycles. The molecule has 0 radical (unpaired) electrons. The van der Waals surface area contributed by atoms with Gasteiger partial charge in [-0.3, -0.25) is 4.98 Å². The lowest BCUT2D eigenvalue weighted by Crippen LogP contribution is -2.00. The summed E-state index contributed by atoms with van der Waals surface area (Å²) in [6, 6.07) is 3.79. The Kier molecular flexibility index (Phi) is 3.23. The van der Waals surface area contributed by atoms with E-state index in [0.717, 1.165) is 5.56 Å². The molecule has 1 rings (SSSR count). The summed E-state index contributed by atoms with van der Waals surface area (Å²) in [6.07, 6.45) is 5.02. The number of nitrogens with two attached hydrogens (primary N) is 1. The molecular weight excluding hydrogens is 164 g/mol. The molecule has 1 aromatic rings. The van der Waals surface area contributed by atoms with Crippen LogP contribution in [0.2, 0.25) is 0 Å². The minimum Gasteiger partial charge on any atom is -0.409 e. The third-order valence-corrected chi connectivity index (χ3v) is 1.56. The number of pyridine rings is 1. The minimum absolute atomic E-state index is 0.509. The Bertz CT molecular complexity index is 314. The second-order valence-electron chi connectivity index (χ2n) is 2.61. The first-order valence-electron chi connectivity index (χ1n) is 3.90. The van der Waals surface area contributed by atoms with E-state index in [4.69, 9.17) is 5.90 Å². The molecule has 0 spiro atoms. The van der Waals surface area contributed by atoms with Gasteiger partial charge in [-0.05, 0) is 24.6 Å². The summed E-state index contributed by atoms with van der Waals surface area (Å²) in [5.74, 6) is 5.58. The number of hydrogen-bond acceptors (Lipinski definition) is 3. The summed E-state index contributed by atoms with van der Waals surface area (Å²) in [6.45, 7) is 5.52. The molecule has 0 aliphatic rings. The van der Waals surface area contributed by atoms with E-state index in [-0.39, 0.29) is 0 Å². The van der Waals surface area contributed by atoms with Crippen molar-refractivity contribution in [2.75, 3.05) is 0 Å². The third-order valence-electron chi connectivity index (χ3n) is 1.56. The number of aryl methyl sites for hydroxylation is 1. The molecule has 0 aliphatic carbocycles. The van der Waals surface area contributed by atoms with Gasteiger partial charge < -0.3 is 4.84 Å². The van der Waals surface area contributed by atoms with Crippen LogP contribution in [0.1, 0.15) is 11.3 Å². The van der Waals surface area contributed by atoms with Crippen molar-refractivity contribution in [1.29, 1.82) is 0 Å². The van der Waals surface area contributed by atoms with Crippen LogP contribution in [0.4, 0.5) is 0 Å². The van der Waals surface area contributed by atoms with Crippen LogP contribution in [0.25, 0.3) is 5.76 Å². The van der Waals surface area contributed by atoms with Gasteiger partial charge in [0.1, 0.15) is 5.69 Å². The van der Waals surface area contributed by atoms with Gasteiger partial charge >= 0.3 is 0 Å². The van der Waals surface area contributed by atoms with Crippen LogP contribution < -0.4 is 5.90 Å². The van der Waals surface area contributed by atoms with Gasteiger partial charge in [0.05, 0.1) is 0 Å². The van der Waals surface area contributed by atoms with Gasteiger partial charge in [-0.25, -0.2) is 0 Å². The van der Waals surface area contributed by atoms with Crippen molar-refractivity contribution in [3.8, 4) is 0 Å². The average Bonchev–Trinajstić information content (AvgIpc) is 2.16. The van der Waals surface area contributed by atoms with Crippen molar-refractivity contribution in [3.05, 3.63) is 48.3 Å². The first-order valence-corrected chi connectivity index (χ1v) is 3.90. The zero-order valence-electron chi connectivity index (χ0n) is 7.53. The number of aromatic nitrogens is 1. The largest absolute Gasteiger partial charge is 0.409 e.